The van der Waals surface area contributed by atoms with Crippen molar-refractivity contribution in [2.45, 2.75) is 12.8 Å². The zero-order chi connectivity index (χ0) is 12.3. The summed E-state index contributed by atoms with van der Waals surface area (Å²) in [6.45, 7) is 1.06. The normalized spacial score (nSPS) is 19.9. The van der Waals surface area contributed by atoms with Crippen LogP contribution in [0, 0.1) is 11.7 Å². The molecule has 1 atom stereocenters. The first-order valence-corrected chi connectivity index (χ1v) is 5.54. The molecule has 0 aromatic heterocycles. The van der Waals surface area contributed by atoms with Gasteiger partial charge in [0.25, 0.3) is 0 Å². The van der Waals surface area contributed by atoms with Gasteiger partial charge in [-0.15, -0.1) is 0 Å². The Hall–Kier alpha value is -1.62. The Labute approximate surface area is 98.4 Å². The Bertz CT molecular complexity index is 416. The van der Waals surface area contributed by atoms with Crippen molar-refractivity contribution in [2.75, 3.05) is 18.5 Å². The van der Waals surface area contributed by atoms with Crippen molar-refractivity contribution < 1.29 is 19.0 Å². The van der Waals surface area contributed by atoms with Crippen molar-refractivity contribution in [1.82, 2.24) is 0 Å². The van der Waals surface area contributed by atoms with Gasteiger partial charge in [-0.3, -0.25) is 4.79 Å². The number of hydrogen-bond acceptors (Lipinski definition) is 3. The number of rotatable bonds is 2. The van der Waals surface area contributed by atoms with Crippen molar-refractivity contribution in [3.63, 3.8) is 0 Å². The van der Waals surface area contributed by atoms with Crippen LogP contribution in [0.15, 0.2) is 18.2 Å². The summed E-state index contributed by atoms with van der Waals surface area (Å²) >= 11 is 0. The van der Waals surface area contributed by atoms with Crippen LogP contribution in [0.25, 0.3) is 0 Å². The monoisotopic (exact) mass is 239 g/mol. The molecule has 1 aliphatic rings. The maximum atomic E-state index is 13.4. The number of phenolic OH excluding ortho intramolecular Hbond substituents is 1. The molecule has 0 radical (unpaired) electrons. The molecule has 1 aliphatic heterocycles. The summed E-state index contributed by atoms with van der Waals surface area (Å²) in [6.07, 6.45) is 1.60. The molecule has 92 valence electrons. The molecular formula is C12H14FNO3. The molecular weight excluding hydrogens is 225 g/mol. The first-order chi connectivity index (χ1) is 8.16. The van der Waals surface area contributed by atoms with E-state index in [2.05, 4.69) is 5.32 Å². The third-order valence-corrected chi connectivity index (χ3v) is 2.74. The molecule has 1 saturated heterocycles. The van der Waals surface area contributed by atoms with Crippen LogP contribution < -0.4 is 5.32 Å². The van der Waals surface area contributed by atoms with Crippen LogP contribution in [0.2, 0.25) is 0 Å². The molecule has 2 rings (SSSR count). The third-order valence-electron chi connectivity index (χ3n) is 2.74. The van der Waals surface area contributed by atoms with E-state index in [0.717, 1.165) is 18.9 Å². The van der Waals surface area contributed by atoms with Crippen molar-refractivity contribution in [2.24, 2.45) is 5.92 Å². The second kappa shape index (κ2) is 5.14. The molecule has 2 N–H and O–H groups in total. The number of halogens is 1. The fourth-order valence-electron chi connectivity index (χ4n) is 1.79. The predicted octanol–water partition coefficient (Wildman–Crippen LogP) is 1.90. The van der Waals surface area contributed by atoms with Crippen LogP contribution in [0.1, 0.15) is 12.8 Å². The van der Waals surface area contributed by atoms with Gasteiger partial charge in [0.2, 0.25) is 5.91 Å². The van der Waals surface area contributed by atoms with E-state index in [1.807, 2.05) is 0 Å². The van der Waals surface area contributed by atoms with Gasteiger partial charge in [-0.25, -0.2) is 4.39 Å². The van der Waals surface area contributed by atoms with Gasteiger partial charge in [0, 0.05) is 12.7 Å². The Morgan fingerprint density at radius 3 is 3.00 bits per heavy atom. The van der Waals surface area contributed by atoms with Crippen molar-refractivity contribution in [3.8, 4) is 5.75 Å². The number of aromatic hydroxyl groups is 1. The molecule has 1 unspecified atom stereocenters. The number of nitrogens with one attached hydrogen (secondary N) is 1. The van der Waals surface area contributed by atoms with E-state index >= 15 is 0 Å². The summed E-state index contributed by atoms with van der Waals surface area (Å²) < 4.78 is 18.6. The van der Waals surface area contributed by atoms with E-state index < -0.39 is 5.82 Å². The first-order valence-electron chi connectivity index (χ1n) is 5.54. The lowest BCUT2D eigenvalue weighted by Crippen LogP contribution is -2.30. The summed E-state index contributed by atoms with van der Waals surface area (Å²) in [4.78, 5) is 11.8. The topological polar surface area (TPSA) is 58.6 Å². The number of carbonyl (C=O) groups excluding carboxylic acids is 1. The second-order valence-corrected chi connectivity index (χ2v) is 4.07. The third kappa shape index (κ3) is 2.94. The van der Waals surface area contributed by atoms with E-state index in [4.69, 9.17) is 9.84 Å². The minimum absolute atomic E-state index is 0.0818. The Balaban J connectivity index is 2.02. The molecule has 1 aromatic rings. The Kier molecular flexibility index (Phi) is 3.58. The lowest BCUT2D eigenvalue weighted by molar-refractivity contribution is -0.123. The largest absolute Gasteiger partial charge is 0.508 e. The number of amides is 1. The van der Waals surface area contributed by atoms with Crippen molar-refractivity contribution in [1.29, 1.82) is 0 Å². The highest BCUT2D eigenvalue weighted by atomic mass is 19.1. The second-order valence-electron chi connectivity index (χ2n) is 4.07. The van der Waals surface area contributed by atoms with Gasteiger partial charge in [0.15, 0.2) is 0 Å². The van der Waals surface area contributed by atoms with Crippen LogP contribution in [0.5, 0.6) is 5.75 Å². The number of hydrogen-bond donors (Lipinski definition) is 2. The predicted molar refractivity (Wildman–Crippen MR) is 60.2 cm³/mol. The van der Waals surface area contributed by atoms with E-state index in [1.165, 1.54) is 12.1 Å². The number of anilines is 1. The first kappa shape index (κ1) is 11.9. The molecule has 1 fully saturated rings. The van der Waals surface area contributed by atoms with Gasteiger partial charge in [-0.2, -0.15) is 0 Å². The highest BCUT2D eigenvalue weighted by Gasteiger charge is 2.22. The number of ether oxygens (including phenoxy) is 1. The van der Waals surface area contributed by atoms with Gasteiger partial charge in [0.1, 0.15) is 11.6 Å². The molecule has 0 bridgehead atoms. The van der Waals surface area contributed by atoms with Crippen molar-refractivity contribution >= 4 is 11.6 Å². The van der Waals surface area contributed by atoms with E-state index in [9.17, 15) is 9.18 Å². The molecule has 0 saturated carbocycles. The quantitative estimate of drug-likeness (QED) is 0.775. The average molecular weight is 239 g/mol. The molecule has 0 spiro atoms. The average Bonchev–Trinajstić information content (AvgIpc) is 2.34. The molecule has 1 aromatic carbocycles. The van der Waals surface area contributed by atoms with Gasteiger partial charge in [-0.05, 0) is 25.0 Å². The molecule has 1 heterocycles. The summed E-state index contributed by atoms with van der Waals surface area (Å²) in [7, 11) is 0. The van der Waals surface area contributed by atoms with Gasteiger partial charge in [-0.1, -0.05) is 0 Å². The van der Waals surface area contributed by atoms with E-state index in [-0.39, 0.29) is 23.3 Å². The van der Waals surface area contributed by atoms with E-state index in [1.54, 1.807) is 0 Å². The number of phenols is 1. The molecule has 4 nitrogen and oxygen atoms in total. The fraction of sp³-hybridized carbons (Fsp3) is 0.417. The highest BCUT2D eigenvalue weighted by Crippen LogP contribution is 2.21. The van der Waals surface area contributed by atoms with Gasteiger partial charge in [0.05, 0.1) is 18.2 Å². The van der Waals surface area contributed by atoms with Crippen LogP contribution in [-0.4, -0.2) is 24.2 Å². The van der Waals surface area contributed by atoms with Crippen LogP contribution in [0.4, 0.5) is 10.1 Å². The zero-order valence-corrected chi connectivity index (χ0v) is 9.28. The lowest BCUT2D eigenvalue weighted by Gasteiger charge is -2.21. The van der Waals surface area contributed by atoms with Crippen LogP contribution in [-0.2, 0) is 9.53 Å². The highest BCUT2D eigenvalue weighted by molar-refractivity contribution is 5.92. The van der Waals surface area contributed by atoms with Gasteiger partial charge < -0.3 is 15.2 Å². The zero-order valence-electron chi connectivity index (χ0n) is 9.28. The van der Waals surface area contributed by atoms with E-state index in [0.29, 0.717) is 13.2 Å². The summed E-state index contributed by atoms with van der Waals surface area (Å²) in [5.41, 5.74) is 0.0818. The standard InChI is InChI=1S/C12H14FNO3/c13-10-6-9(15)3-4-11(10)14-12(16)8-2-1-5-17-7-8/h3-4,6,8,15H,1-2,5,7H2,(H,14,16). The summed E-state index contributed by atoms with van der Waals surface area (Å²) in [5, 5.41) is 11.5. The lowest BCUT2D eigenvalue weighted by atomic mass is 10.0. The number of carbonyl (C=O) groups is 1. The molecule has 5 heteroatoms. The molecule has 0 aliphatic carbocycles. The van der Waals surface area contributed by atoms with Gasteiger partial charge >= 0.3 is 0 Å². The molecule has 1 amide bonds. The fourth-order valence-corrected chi connectivity index (χ4v) is 1.79. The molecule has 17 heavy (non-hydrogen) atoms. The van der Waals surface area contributed by atoms with Crippen LogP contribution >= 0.6 is 0 Å². The van der Waals surface area contributed by atoms with Crippen molar-refractivity contribution in [3.05, 3.63) is 24.0 Å². The maximum Gasteiger partial charge on any atom is 0.229 e. The Morgan fingerprint density at radius 2 is 2.35 bits per heavy atom. The number of benzene rings is 1. The maximum absolute atomic E-state index is 13.4. The minimum Gasteiger partial charge on any atom is -0.508 e. The summed E-state index contributed by atoms with van der Waals surface area (Å²) in [5.74, 6) is -1.28. The summed E-state index contributed by atoms with van der Waals surface area (Å²) in [6, 6.07) is 3.63. The smallest absolute Gasteiger partial charge is 0.229 e. The van der Waals surface area contributed by atoms with Crippen LogP contribution in [0.3, 0.4) is 0 Å². The minimum atomic E-state index is -0.643. The SMILES string of the molecule is O=C(Nc1ccc(O)cc1F)C1CCCOC1. The Morgan fingerprint density at radius 1 is 1.53 bits per heavy atom.